The minimum absolute atomic E-state index is 0.571. The van der Waals surface area contributed by atoms with Crippen molar-refractivity contribution < 1.29 is 14.2 Å². The van der Waals surface area contributed by atoms with Crippen molar-refractivity contribution in [1.29, 1.82) is 0 Å². The van der Waals surface area contributed by atoms with Crippen LogP contribution in [0.5, 0.6) is 17.2 Å². The quantitative estimate of drug-likeness (QED) is 0.665. The van der Waals surface area contributed by atoms with Crippen LogP contribution in [-0.4, -0.2) is 0 Å². The first-order valence-electron chi connectivity index (χ1n) is 4.28. The second-order valence-electron chi connectivity index (χ2n) is 2.49. The van der Waals surface area contributed by atoms with E-state index in [1.807, 2.05) is 0 Å². The van der Waals surface area contributed by atoms with E-state index in [2.05, 4.69) is 19.7 Å². The highest BCUT2D eigenvalue weighted by atomic mass is 16.5. The van der Waals surface area contributed by atoms with Gasteiger partial charge in [-0.1, -0.05) is 19.7 Å². The molecule has 0 aliphatic heterocycles. The van der Waals surface area contributed by atoms with Gasteiger partial charge >= 0.3 is 0 Å². The average molecular weight is 204 g/mol. The Morgan fingerprint density at radius 3 is 1.13 bits per heavy atom. The number of hydrogen-bond acceptors (Lipinski definition) is 3. The Morgan fingerprint density at radius 2 is 0.933 bits per heavy atom. The van der Waals surface area contributed by atoms with Crippen LogP contribution in [0.3, 0.4) is 0 Å². The third-order valence-electron chi connectivity index (χ3n) is 1.51. The van der Waals surface area contributed by atoms with E-state index >= 15 is 0 Å². The maximum absolute atomic E-state index is 5.12. The van der Waals surface area contributed by atoms with Gasteiger partial charge in [0.15, 0.2) is 0 Å². The summed E-state index contributed by atoms with van der Waals surface area (Å²) in [6.07, 6.45) is 3.97. The topological polar surface area (TPSA) is 27.7 Å². The number of hydrogen-bond donors (Lipinski definition) is 0. The van der Waals surface area contributed by atoms with Gasteiger partial charge in [-0.25, -0.2) is 0 Å². The van der Waals surface area contributed by atoms with Crippen LogP contribution in [0.1, 0.15) is 0 Å². The molecule has 3 nitrogen and oxygen atoms in total. The van der Waals surface area contributed by atoms with E-state index in [9.17, 15) is 0 Å². The Morgan fingerprint density at radius 1 is 0.667 bits per heavy atom. The zero-order chi connectivity index (χ0) is 11.1. The molecule has 0 spiro atoms. The van der Waals surface area contributed by atoms with E-state index in [0.717, 1.165) is 0 Å². The van der Waals surface area contributed by atoms with Crippen molar-refractivity contribution in [1.82, 2.24) is 0 Å². The average Bonchev–Trinajstić information content (AvgIpc) is 2.19. The van der Waals surface area contributed by atoms with Gasteiger partial charge in [0.05, 0.1) is 18.8 Å². The Kier molecular flexibility index (Phi) is 4.04. The van der Waals surface area contributed by atoms with Gasteiger partial charge in [-0.2, -0.15) is 0 Å². The lowest BCUT2D eigenvalue weighted by atomic mass is 10.3. The van der Waals surface area contributed by atoms with Gasteiger partial charge < -0.3 is 14.2 Å². The summed E-state index contributed by atoms with van der Waals surface area (Å²) in [7, 11) is 0. The summed E-state index contributed by atoms with van der Waals surface area (Å²) in [5.74, 6) is 1.71. The van der Waals surface area contributed by atoms with Crippen molar-refractivity contribution in [3.8, 4) is 17.2 Å². The molecule has 15 heavy (non-hydrogen) atoms. The van der Waals surface area contributed by atoms with Gasteiger partial charge in [-0.15, -0.1) is 0 Å². The van der Waals surface area contributed by atoms with Crippen molar-refractivity contribution in [2.45, 2.75) is 0 Å². The fourth-order valence-corrected chi connectivity index (χ4v) is 1.04. The molecule has 0 amide bonds. The van der Waals surface area contributed by atoms with Crippen molar-refractivity contribution >= 4 is 0 Å². The monoisotopic (exact) mass is 204 g/mol. The first kappa shape index (κ1) is 10.9. The Hall–Kier alpha value is -2.16. The van der Waals surface area contributed by atoms with Crippen molar-refractivity contribution in [3.63, 3.8) is 0 Å². The molecule has 0 saturated carbocycles. The molecule has 1 rings (SSSR count). The summed E-state index contributed by atoms with van der Waals surface area (Å²) < 4.78 is 15.3. The van der Waals surface area contributed by atoms with Crippen LogP contribution < -0.4 is 14.2 Å². The van der Waals surface area contributed by atoms with Crippen LogP contribution >= 0.6 is 0 Å². The molecule has 3 heteroatoms. The van der Waals surface area contributed by atoms with Gasteiger partial charge in [0.25, 0.3) is 0 Å². The smallest absolute Gasteiger partial charge is 0.133 e. The number of ether oxygens (including phenoxy) is 3. The lowest BCUT2D eigenvalue weighted by Gasteiger charge is -2.07. The van der Waals surface area contributed by atoms with E-state index < -0.39 is 0 Å². The van der Waals surface area contributed by atoms with Gasteiger partial charge in [-0.05, 0) is 0 Å². The van der Waals surface area contributed by atoms with E-state index in [0.29, 0.717) is 17.2 Å². The van der Waals surface area contributed by atoms with Crippen LogP contribution in [0.15, 0.2) is 56.7 Å². The second-order valence-corrected chi connectivity index (χ2v) is 2.49. The zero-order valence-electron chi connectivity index (χ0n) is 8.31. The predicted molar refractivity (Wildman–Crippen MR) is 58.9 cm³/mol. The fourth-order valence-electron chi connectivity index (χ4n) is 1.04. The minimum atomic E-state index is 0.571. The molecule has 0 atom stereocenters. The molecular formula is C12H12O3. The van der Waals surface area contributed by atoms with Crippen molar-refractivity contribution in [2.24, 2.45) is 0 Å². The summed E-state index contributed by atoms with van der Waals surface area (Å²) in [6, 6.07) is 5.08. The molecule has 0 heterocycles. The molecule has 78 valence electrons. The van der Waals surface area contributed by atoms with Crippen LogP contribution in [0.2, 0.25) is 0 Å². The molecule has 0 radical (unpaired) electrons. The van der Waals surface area contributed by atoms with Crippen LogP contribution in [0, 0.1) is 0 Å². The summed E-state index contributed by atoms with van der Waals surface area (Å²) in [6.45, 7) is 10.4. The molecule has 0 saturated heterocycles. The highest BCUT2D eigenvalue weighted by Crippen LogP contribution is 2.28. The first-order valence-corrected chi connectivity index (χ1v) is 4.28. The summed E-state index contributed by atoms with van der Waals surface area (Å²) in [4.78, 5) is 0. The van der Waals surface area contributed by atoms with Gasteiger partial charge in [0.1, 0.15) is 17.2 Å². The SMILES string of the molecule is C=COc1cc(OC=C)cc(OC=C)c1. The van der Waals surface area contributed by atoms with Crippen LogP contribution in [-0.2, 0) is 0 Å². The van der Waals surface area contributed by atoms with Crippen molar-refractivity contribution in [2.75, 3.05) is 0 Å². The molecule has 0 aromatic heterocycles. The standard InChI is InChI=1S/C12H12O3/c1-4-13-10-7-11(14-5-2)9-12(8-10)15-6-3/h4-9H,1-3H2. The maximum atomic E-state index is 5.12. The molecule has 1 aromatic rings. The van der Waals surface area contributed by atoms with E-state index in [-0.39, 0.29) is 0 Å². The maximum Gasteiger partial charge on any atom is 0.133 e. The largest absolute Gasteiger partial charge is 0.465 e. The molecule has 0 bridgehead atoms. The molecule has 0 fully saturated rings. The Labute approximate surface area is 88.9 Å². The molecule has 0 aliphatic rings. The summed E-state index contributed by atoms with van der Waals surface area (Å²) in [5, 5.41) is 0. The Bertz CT molecular complexity index is 300. The van der Waals surface area contributed by atoms with Crippen LogP contribution in [0.25, 0.3) is 0 Å². The van der Waals surface area contributed by atoms with E-state index in [4.69, 9.17) is 14.2 Å². The molecular weight excluding hydrogens is 192 g/mol. The third-order valence-corrected chi connectivity index (χ3v) is 1.51. The molecule has 0 N–H and O–H groups in total. The lowest BCUT2D eigenvalue weighted by molar-refractivity contribution is 0.440. The van der Waals surface area contributed by atoms with E-state index in [1.165, 1.54) is 18.8 Å². The number of benzene rings is 1. The summed E-state index contributed by atoms with van der Waals surface area (Å²) in [5.41, 5.74) is 0. The van der Waals surface area contributed by atoms with Gasteiger partial charge in [0.2, 0.25) is 0 Å². The van der Waals surface area contributed by atoms with Crippen LogP contribution in [0.4, 0.5) is 0 Å². The molecule has 0 aliphatic carbocycles. The van der Waals surface area contributed by atoms with Gasteiger partial charge in [-0.3, -0.25) is 0 Å². The number of rotatable bonds is 6. The normalized spacial score (nSPS) is 8.80. The lowest BCUT2D eigenvalue weighted by Crippen LogP contribution is -1.88. The van der Waals surface area contributed by atoms with Crippen molar-refractivity contribution in [3.05, 3.63) is 56.7 Å². The third kappa shape index (κ3) is 3.23. The second kappa shape index (κ2) is 5.54. The highest BCUT2D eigenvalue weighted by molar-refractivity contribution is 5.42. The van der Waals surface area contributed by atoms with E-state index in [1.54, 1.807) is 18.2 Å². The highest BCUT2D eigenvalue weighted by Gasteiger charge is 2.02. The predicted octanol–water partition coefficient (Wildman–Crippen LogP) is 3.25. The minimum Gasteiger partial charge on any atom is -0.465 e. The fraction of sp³-hybridized carbons (Fsp3) is 0. The summed E-state index contributed by atoms with van der Waals surface area (Å²) >= 11 is 0. The Balaban J connectivity index is 3.00. The zero-order valence-corrected chi connectivity index (χ0v) is 8.31. The molecule has 0 unspecified atom stereocenters. The first-order chi connectivity index (χ1) is 7.30. The van der Waals surface area contributed by atoms with Gasteiger partial charge in [0, 0.05) is 18.2 Å². The molecule has 1 aromatic carbocycles.